The van der Waals surface area contributed by atoms with E-state index in [-0.39, 0.29) is 17.7 Å². The van der Waals surface area contributed by atoms with Gasteiger partial charge in [-0.15, -0.1) is 0 Å². The lowest BCUT2D eigenvalue weighted by Crippen LogP contribution is -2.13. The molecule has 0 unspecified atom stereocenters. The first-order valence-electron chi connectivity index (χ1n) is 10.4. The number of amides is 1. The van der Waals surface area contributed by atoms with Crippen molar-refractivity contribution in [3.05, 3.63) is 107 Å². The van der Waals surface area contributed by atoms with E-state index in [4.69, 9.17) is 5.73 Å². The Morgan fingerprint density at radius 1 is 0.912 bits per heavy atom. The summed E-state index contributed by atoms with van der Waals surface area (Å²) in [5.41, 5.74) is 7.55. The summed E-state index contributed by atoms with van der Waals surface area (Å²) in [5, 5.41) is 1.08. The second kappa shape index (κ2) is 8.02. The third kappa shape index (κ3) is 3.69. The topological polar surface area (TPSA) is 48.0 Å². The molecule has 0 bridgehead atoms. The van der Waals surface area contributed by atoms with E-state index in [1.807, 2.05) is 36.4 Å². The van der Waals surface area contributed by atoms with Crippen molar-refractivity contribution in [1.29, 1.82) is 0 Å². The maximum atomic E-state index is 13.7. The fraction of sp³-hybridized carbons (Fsp3) is 0.0741. The number of rotatable bonds is 4. The van der Waals surface area contributed by atoms with Gasteiger partial charge in [0.05, 0.1) is 16.6 Å². The lowest BCUT2D eigenvalue weighted by atomic mass is 10.0. The second-order valence-electron chi connectivity index (χ2n) is 7.96. The molecule has 1 radical (unpaired) electrons. The van der Waals surface area contributed by atoms with E-state index in [1.54, 1.807) is 28.8 Å². The molecule has 0 aliphatic heterocycles. The molecule has 169 valence electrons. The van der Waals surface area contributed by atoms with Crippen molar-refractivity contribution in [3.8, 4) is 11.1 Å². The van der Waals surface area contributed by atoms with Crippen molar-refractivity contribution in [2.45, 2.75) is 12.7 Å². The fourth-order valence-electron chi connectivity index (χ4n) is 4.35. The van der Waals surface area contributed by atoms with E-state index >= 15 is 0 Å². The summed E-state index contributed by atoms with van der Waals surface area (Å²) < 4.78 is 56.5. The van der Waals surface area contributed by atoms with Crippen LogP contribution in [0, 0.1) is 11.9 Å². The number of hydrogen-bond acceptors (Lipinski definition) is 1. The highest BCUT2D eigenvalue weighted by Gasteiger charge is 2.34. The first-order chi connectivity index (χ1) is 16.2. The maximum Gasteiger partial charge on any atom is 0.416 e. The Morgan fingerprint density at radius 2 is 1.68 bits per heavy atom. The zero-order valence-electron chi connectivity index (χ0n) is 17.7. The van der Waals surface area contributed by atoms with Gasteiger partial charge in [-0.05, 0) is 59.2 Å². The monoisotopic (exact) mass is 461 g/mol. The quantitative estimate of drug-likeness (QED) is 0.303. The summed E-state index contributed by atoms with van der Waals surface area (Å²) in [4.78, 5) is 12.1. The number of nitrogens with two attached hydrogens (primary N) is 1. The van der Waals surface area contributed by atoms with Crippen LogP contribution in [-0.4, -0.2) is 10.5 Å². The van der Waals surface area contributed by atoms with Gasteiger partial charge in [-0.1, -0.05) is 42.5 Å². The Balaban J connectivity index is 1.81. The molecule has 0 fully saturated rings. The van der Waals surface area contributed by atoms with Crippen molar-refractivity contribution in [2.75, 3.05) is 0 Å². The molecular weight excluding hydrogens is 444 g/mol. The predicted octanol–water partition coefficient (Wildman–Crippen LogP) is 6.57. The van der Waals surface area contributed by atoms with E-state index in [0.29, 0.717) is 27.9 Å². The van der Waals surface area contributed by atoms with Crippen LogP contribution < -0.4 is 5.73 Å². The molecule has 0 atom stereocenters. The minimum Gasteiger partial charge on any atom is -0.366 e. The second-order valence-corrected chi connectivity index (χ2v) is 7.96. The number of carbonyl (C=O) groups excluding carboxylic acids is 1. The largest absolute Gasteiger partial charge is 0.416 e. The van der Waals surface area contributed by atoms with Crippen LogP contribution in [0.3, 0.4) is 0 Å². The molecule has 1 amide bonds. The number of primary amides is 1. The molecular formula is C27H17F4N2O. The van der Waals surface area contributed by atoms with Gasteiger partial charge in [-0.25, -0.2) is 4.39 Å². The van der Waals surface area contributed by atoms with Gasteiger partial charge in [0.2, 0.25) is 5.91 Å². The van der Waals surface area contributed by atoms with E-state index in [9.17, 15) is 22.4 Å². The highest BCUT2D eigenvalue weighted by Crippen LogP contribution is 2.37. The Labute approximate surface area is 192 Å². The summed E-state index contributed by atoms with van der Waals surface area (Å²) >= 11 is 0. The number of carbonyl (C=O) groups is 1. The Morgan fingerprint density at radius 3 is 2.38 bits per heavy atom. The predicted molar refractivity (Wildman–Crippen MR) is 123 cm³/mol. The van der Waals surface area contributed by atoms with Gasteiger partial charge in [0, 0.05) is 22.9 Å². The van der Waals surface area contributed by atoms with Crippen molar-refractivity contribution < 1.29 is 22.4 Å². The van der Waals surface area contributed by atoms with Gasteiger partial charge < -0.3 is 10.3 Å². The maximum absolute atomic E-state index is 13.7. The average Bonchev–Trinajstić information content (AvgIpc) is 3.13. The van der Waals surface area contributed by atoms with Crippen molar-refractivity contribution in [1.82, 2.24) is 4.57 Å². The van der Waals surface area contributed by atoms with Crippen LogP contribution in [-0.2, 0) is 12.7 Å². The molecule has 34 heavy (non-hydrogen) atoms. The average molecular weight is 461 g/mol. The van der Waals surface area contributed by atoms with Gasteiger partial charge in [0.25, 0.3) is 0 Å². The molecule has 0 aliphatic carbocycles. The highest BCUT2D eigenvalue weighted by molar-refractivity contribution is 6.18. The molecule has 3 nitrogen and oxygen atoms in total. The minimum absolute atomic E-state index is 0.0951. The number of aromatic nitrogens is 1. The molecule has 0 spiro atoms. The van der Waals surface area contributed by atoms with Gasteiger partial charge in [0.1, 0.15) is 5.82 Å². The molecule has 0 saturated heterocycles. The van der Waals surface area contributed by atoms with Crippen LogP contribution in [0.4, 0.5) is 17.6 Å². The van der Waals surface area contributed by atoms with Gasteiger partial charge in [-0.3, -0.25) is 4.79 Å². The zero-order valence-corrected chi connectivity index (χ0v) is 17.7. The summed E-state index contributed by atoms with van der Waals surface area (Å²) in [7, 11) is 0. The Hall–Kier alpha value is -4.13. The SMILES string of the molecule is NC(=O)c1cccc2c1c1[c]cc(-c3ccccc3)cc1n2Cc1ccc(F)cc1C(F)(F)F. The van der Waals surface area contributed by atoms with Crippen LogP contribution in [0.5, 0.6) is 0 Å². The Bertz CT molecular complexity index is 1550. The normalized spacial score (nSPS) is 11.9. The van der Waals surface area contributed by atoms with Crippen molar-refractivity contribution >= 4 is 27.7 Å². The number of fused-ring (bicyclic) bond motifs is 3. The first kappa shape index (κ1) is 21.7. The summed E-state index contributed by atoms with van der Waals surface area (Å²) in [6, 6.07) is 23.9. The fourth-order valence-corrected chi connectivity index (χ4v) is 4.35. The van der Waals surface area contributed by atoms with E-state index < -0.39 is 23.5 Å². The van der Waals surface area contributed by atoms with Gasteiger partial charge in [-0.2, -0.15) is 13.2 Å². The molecule has 4 aromatic carbocycles. The standard InChI is InChI=1S/C27H17F4N2O/c28-19-11-9-18(22(14-19)27(29,30)31)15-33-23-8-4-7-21(26(32)34)25(23)20-12-10-17(13-24(20)33)16-5-2-1-3-6-16/h1-11,13-14H,15H2,(H2,32,34). The summed E-state index contributed by atoms with van der Waals surface area (Å²) in [5.74, 6) is -1.61. The van der Waals surface area contributed by atoms with Crippen molar-refractivity contribution in [2.24, 2.45) is 5.73 Å². The van der Waals surface area contributed by atoms with Gasteiger partial charge in [0.15, 0.2) is 0 Å². The third-order valence-electron chi connectivity index (χ3n) is 5.87. The summed E-state index contributed by atoms with van der Waals surface area (Å²) in [6.45, 7) is -0.191. The molecule has 0 aliphatic rings. The number of nitrogens with zero attached hydrogens (tertiary/aromatic N) is 1. The molecule has 1 heterocycles. The van der Waals surface area contributed by atoms with E-state index in [0.717, 1.165) is 23.3 Å². The van der Waals surface area contributed by atoms with E-state index in [2.05, 4.69) is 6.07 Å². The highest BCUT2D eigenvalue weighted by atomic mass is 19.4. The smallest absolute Gasteiger partial charge is 0.366 e. The van der Waals surface area contributed by atoms with Crippen LogP contribution >= 0.6 is 0 Å². The first-order valence-corrected chi connectivity index (χ1v) is 10.4. The number of alkyl halides is 3. The molecule has 1 aromatic heterocycles. The van der Waals surface area contributed by atoms with E-state index in [1.165, 1.54) is 0 Å². The van der Waals surface area contributed by atoms with Crippen LogP contribution in [0.25, 0.3) is 32.9 Å². The van der Waals surface area contributed by atoms with Crippen LogP contribution in [0.2, 0.25) is 0 Å². The minimum atomic E-state index is -4.73. The number of hydrogen-bond donors (Lipinski definition) is 1. The van der Waals surface area contributed by atoms with Crippen molar-refractivity contribution in [3.63, 3.8) is 0 Å². The number of halogens is 4. The third-order valence-corrected chi connectivity index (χ3v) is 5.87. The number of benzene rings is 4. The molecule has 5 aromatic rings. The van der Waals surface area contributed by atoms with Crippen LogP contribution in [0.1, 0.15) is 21.5 Å². The molecule has 7 heteroatoms. The zero-order chi connectivity index (χ0) is 24.0. The van der Waals surface area contributed by atoms with Crippen LogP contribution in [0.15, 0.2) is 78.9 Å². The lowest BCUT2D eigenvalue weighted by Gasteiger charge is -2.15. The summed E-state index contributed by atoms with van der Waals surface area (Å²) in [6.07, 6.45) is -4.73. The molecule has 2 N–H and O–H groups in total. The van der Waals surface area contributed by atoms with Gasteiger partial charge >= 0.3 is 6.18 Å². The molecule has 0 saturated carbocycles. The Kier molecular flexibility index (Phi) is 5.12. The lowest BCUT2D eigenvalue weighted by molar-refractivity contribution is -0.138. The molecule has 5 rings (SSSR count).